The number of nitrogens with two attached hydrogens (primary N) is 1. The Kier molecular flexibility index (Phi) is 6.76. The summed E-state index contributed by atoms with van der Waals surface area (Å²) in [6, 6.07) is 11.9. The summed E-state index contributed by atoms with van der Waals surface area (Å²) in [5.74, 6) is -1.30. The lowest BCUT2D eigenvalue weighted by molar-refractivity contribution is -0.118. The summed E-state index contributed by atoms with van der Waals surface area (Å²) < 4.78 is 1.39. The van der Waals surface area contributed by atoms with Crippen molar-refractivity contribution in [3.8, 4) is 0 Å². The van der Waals surface area contributed by atoms with Crippen molar-refractivity contribution in [3.05, 3.63) is 70.3 Å². The number of benzene rings is 2. The number of amides is 3. The van der Waals surface area contributed by atoms with E-state index < -0.39 is 11.8 Å². The molecular weight excluding hydrogens is 398 g/mol. The van der Waals surface area contributed by atoms with E-state index in [1.807, 2.05) is 13.0 Å². The number of anilines is 1. The number of rotatable bonds is 8. The second-order valence-electron chi connectivity index (χ2n) is 7.03. The number of nitrogens with zero attached hydrogens (tertiary/aromatic N) is 2. The standard InChI is InChI=1S/C22H23N5O4/c1-14-5-4-7-16-20(14)25-13-27(22(16)31)12-10-19(29)26-17-8-3-2-6-15(17)21(30)24-11-9-18(23)28/h2-8,13H,9-12H2,1H3,(H2,23,28)(H,24,30)(H,26,29). The van der Waals surface area contributed by atoms with Crippen LogP contribution >= 0.6 is 0 Å². The number of nitrogens with one attached hydrogen (secondary N) is 2. The highest BCUT2D eigenvalue weighted by atomic mass is 16.2. The maximum Gasteiger partial charge on any atom is 0.261 e. The fourth-order valence-corrected chi connectivity index (χ4v) is 3.12. The lowest BCUT2D eigenvalue weighted by Crippen LogP contribution is -2.29. The third-order valence-electron chi connectivity index (χ3n) is 4.74. The van der Waals surface area contributed by atoms with E-state index in [1.165, 1.54) is 10.9 Å². The zero-order chi connectivity index (χ0) is 22.4. The largest absolute Gasteiger partial charge is 0.370 e. The predicted octanol–water partition coefficient (Wildman–Crippen LogP) is 1.34. The van der Waals surface area contributed by atoms with E-state index in [0.29, 0.717) is 16.6 Å². The molecule has 3 rings (SSSR count). The molecule has 0 bridgehead atoms. The average molecular weight is 421 g/mol. The molecule has 9 nitrogen and oxygen atoms in total. The fraction of sp³-hybridized carbons (Fsp3) is 0.227. The van der Waals surface area contributed by atoms with Crippen molar-refractivity contribution < 1.29 is 14.4 Å². The molecule has 3 aromatic rings. The third kappa shape index (κ3) is 5.33. The molecular formula is C22H23N5O4. The summed E-state index contributed by atoms with van der Waals surface area (Å²) in [7, 11) is 0. The van der Waals surface area contributed by atoms with Crippen LogP contribution in [0.25, 0.3) is 10.9 Å². The molecule has 0 atom stereocenters. The summed E-state index contributed by atoms with van der Waals surface area (Å²) in [4.78, 5) is 52.6. The number of aromatic nitrogens is 2. The van der Waals surface area contributed by atoms with Crippen LogP contribution in [0.5, 0.6) is 0 Å². The molecule has 1 heterocycles. The van der Waals surface area contributed by atoms with Crippen LogP contribution in [-0.4, -0.2) is 33.8 Å². The first-order valence-electron chi connectivity index (χ1n) is 9.77. The van der Waals surface area contributed by atoms with Gasteiger partial charge >= 0.3 is 0 Å². The van der Waals surface area contributed by atoms with Crippen LogP contribution in [0.2, 0.25) is 0 Å². The molecule has 9 heteroatoms. The first-order chi connectivity index (χ1) is 14.9. The van der Waals surface area contributed by atoms with Crippen molar-refractivity contribution in [2.75, 3.05) is 11.9 Å². The van der Waals surface area contributed by atoms with Crippen molar-refractivity contribution >= 4 is 34.3 Å². The number of primary amides is 1. The molecule has 31 heavy (non-hydrogen) atoms. The van der Waals surface area contributed by atoms with Gasteiger partial charge in [0.2, 0.25) is 11.8 Å². The first kappa shape index (κ1) is 21.7. The highest BCUT2D eigenvalue weighted by molar-refractivity contribution is 6.03. The Bertz CT molecular complexity index is 1200. The number of carbonyl (C=O) groups excluding carboxylic acids is 3. The molecule has 0 aliphatic carbocycles. The number of fused-ring (bicyclic) bond motifs is 1. The Balaban J connectivity index is 1.66. The highest BCUT2D eigenvalue weighted by Crippen LogP contribution is 2.16. The minimum atomic E-state index is -0.518. The topological polar surface area (TPSA) is 136 Å². The molecule has 3 amide bonds. The molecule has 2 aromatic carbocycles. The van der Waals surface area contributed by atoms with E-state index >= 15 is 0 Å². The van der Waals surface area contributed by atoms with Gasteiger partial charge in [0.15, 0.2) is 0 Å². The smallest absolute Gasteiger partial charge is 0.261 e. The summed E-state index contributed by atoms with van der Waals surface area (Å²) in [6.45, 7) is 2.14. The van der Waals surface area contributed by atoms with Gasteiger partial charge in [-0.15, -0.1) is 0 Å². The normalized spacial score (nSPS) is 10.6. The van der Waals surface area contributed by atoms with E-state index in [4.69, 9.17) is 5.73 Å². The molecule has 1 aromatic heterocycles. The van der Waals surface area contributed by atoms with Crippen LogP contribution in [0.3, 0.4) is 0 Å². The molecule has 4 N–H and O–H groups in total. The van der Waals surface area contributed by atoms with Crippen LogP contribution in [0.1, 0.15) is 28.8 Å². The summed E-state index contributed by atoms with van der Waals surface area (Å²) in [6.07, 6.45) is 1.48. The van der Waals surface area contributed by atoms with E-state index in [0.717, 1.165) is 5.56 Å². The monoisotopic (exact) mass is 421 g/mol. The van der Waals surface area contributed by atoms with Gasteiger partial charge in [0.05, 0.1) is 28.5 Å². The molecule has 0 radical (unpaired) electrons. The summed E-state index contributed by atoms with van der Waals surface area (Å²) >= 11 is 0. The third-order valence-corrected chi connectivity index (χ3v) is 4.74. The lowest BCUT2D eigenvalue weighted by atomic mass is 10.1. The van der Waals surface area contributed by atoms with Gasteiger partial charge in [-0.25, -0.2) is 4.98 Å². The van der Waals surface area contributed by atoms with Crippen molar-refractivity contribution in [1.29, 1.82) is 0 Å². The molecule has 0 spiro atoms. The Morgan fingerprint density at radius 2 is 1.84 bits per heavy atom. The SMILES string of the molecule is Cc1cccc2c(=O)n(CCC(=O)Nc3ccccc3C(=O)NCCC(N)=O)cnc12. The fourth-order valence-electron chi connectivity index (χ4n) is 3.12. The van der Waals surface area contributed by atoms with Crippen LogP contribution in [0.15, 0.2) is 53.6 Å². The predicted molar refractivity (Wildman–Crippen MR) is 117 cm³/mol. The van der Waals surface area contributed by atoms with Gasteiger partial charge in [0.1, 0.15) is 0 Å². The Hall–Kier alpha value is -4.01. The zero-order valence-electron chi connectivity index (χ0n) is 17.1. The van der Waals surface area contributed by atoms with Crippen molar-refractivity contribution in [1.82, 2.24) is 14.9 Å². The second-order valence-corrected chi connectivity index (χ2v) is 7.03. The maximum absolute atomic E-state index is 12.6. The van der Waals surface area contributed by atoms with Gasteiger partial charge in [0, 0.05) is 25.9 Å². The van der Waals surface area contributed by atoms with Gasteiger partial charge < -0.3 is 16.4 Å². The minimum Gasteiger partial charge on any atom is -0.370 e. The Labute approximate surface area is 178 Å². The molecule has 0 saturated carbocycles. The van der Waals surface area contributed by atoms with Gasteiger partial charge in [-0.2, -0.15) is 0 Å². The number of carbonyl (C=O) groups is 3. The van der Waals surface area contributed by atoms with Gasteiger partial charge in [-0.3, -0.25) is 23.7 Å². The van der Waals surface area contributed by atoms with Crippen molar-refractivity contribution in [2.24, 2.45) is 5.73 Å². The van der Waals surface area contributed by atoms with E-state index in [2.05, 4.69) is 15.6 Å². The average Bonchev–Trinajstić information content (AvgIpc) is 2.74. The number of para-hydroxylation sites is 2. The van der Waals surface area contributed by atoms with Crippen LogP contribution in [0, 0.1) is 6.92 Å². The summed E-state index contributed by atoms with van der Waals surface area (Å²) in [5, 5.41) is 5.79. The number of hydrogen-bond acceptors (Lipinski definition) is 5. The Morgan fingerprint density at radius 3 is 2.61 bits per heavy atom. The number of aryl methyl sites for hydroxylation is 2. The lowest BCUT2D eigenvalue weighted by Gasteiger charge is -2.12. The van der Waals surface area contributed by atoms with Crippen LogP contribution < -0.4 is 21.9 Å². The first-order valence-corrected chi connectivity index (χ1v) is 9.77. The van der Waals surface area contributed by atoms with E-state index in [1.54, 1.807) is 36.4 Å². The second kappa shape index (κ2) is 9.66. The summed E-state index contributed by atoms with van der Waals surface area (Å²) in [5.41, 5.74) is 7.01. The zero-order valence-corrected chi connectivity index (χ0v) is 17.1. The molecule has 0 aliphatic heterocycles. The maximum atomic E-state index is 12.6. The van der Waals surface area contributed by atoms with Crippen molar-refractivity contribution in [3.63, 3.8) is 0 Å². The van der Waals surface area contributed by atoms with Gasteiger partial charge in [-0.05, 0) is 30.7 Å². The van der Waals surface area contributed by atoms with Gasteiger partial charge in [-0.1, -0.05) is 24.3 Å². The van der Waals surface area contributed by atoms with Crippen LogP contribution in [-0.2, 0) is 16.1 Å². The van der Waals surface area contributed by atoms with Crippen LogP contribution in [0.4, 0.5) is 5.69 Å². The highest BCUT2D eigenvalue weighted by Gasteiger charge is 2.14. The molecule has 0 unspecified atom stereocenters. The minimum absolute atomic E-state index is 0.0222. The molecule has 0 fully saturated rings. The molecule has 0 aliphatic rings. The van der Waals surface area contributed by atoms with Gasteiger partial charge in [0.25, 0.3) is 11.5 Å². The van der Waals surface area contributed by atoms with E-state index in [9.17, 15) is 19.2 Å². The number of hydrogen-bond donors (Lipinski definition) is 3. The van der Waals surface area contributed by atoms with E-state index in [-0.39, 0.29) is 43.0 Å². The Morgan fingerprint density at radius 1 is 1.06 bits per heavy atom. The molecule has 160 valence electrons. The molecule has 0 saturated heterocycles. The van der Waals surface area contributed by atoms with Crippen molar-refractivity contribution in [2.45, 2.75) is 26.3 Å². The quantitative estimate of drug-likeness (QED) is 0.504.